The van der Waals surface area contributed by atoms with Crippen LogP contribution in [0.25, 0.3) is 0 Å². The summed E-state index contributed by atoms with van der Waals surface area (Å²) >= 11 is -3.61. The number of rotatable bonds is 2. The topological polar surface area (TPSA) is 0 Å². The first kappa shape index (κ1) is 21.0. The van der Waals surface area contributed by atoms with Gasteiger partial charge in [-0.05, 0) is 0 Å². The van der Waals surface area contributed by atoms with Crippen LogP contribution in [0, 0.1) is 0 Å². The molecule has 0 atom stereocenters. The van der Waals surface area contributed by atoms with E-state index in [1.165, 1.54) is 12.2 Å². The predicted octanol–water partition coefficient (Wildman–Crippen LogP) is -0.449. The molecule has 1 heterocycles. The van der Waals surface area contributed by atoms with Crippen LogP contribution in [0.15, 0.2) is 42.0 Å². The van der Waals surface area contributed by atoms with E-state index in [0.29, 0.717) is 14.8 Å². The molecule has 2 aliphatic carbocycles. The van der Waals surface area contributed by atoms with E-state index in [4.69, 9.17) is 0 Å². The summed E-state index contributed by atoms with van der Waals surface area (Å²) in [6.07, 6.45) is -3.60. The molecule has 0 aromatic carbocycles. The third-order valence-electron chi connectivity index (χ3n) is 4.38. The average molecular weight is 456 g/mol. The van der Waals surface area contributed by atoms with E-state index in [0.717, 1.165) is 12.2 Å². The van der Waals surface area contributed by atoms with E-state index in [1.54, 1.807) is 0 Å². The summed E-state index contributed by atoms with van der Waals surface area (Å²) in [7, 11) is 0. The minimum absolute atomic E-state index is 0. The van der Waals surface area contributed by atoms with Gasteiger partial charge in [-0.3, -0.25) is 0 Å². The van der Waals surface area contributed by atoms with Crippen LogP contribution in [0.2, 0.25) is 8.26 Å². The average Bonchev–Trinajstić information content (AvgIpc) is 2.82. The van der Waals surface area contributed by atoms with Crippen molar-refractivity contribution in [3.8, 4) is 0 Å². The summed E-state index contributed by atoms with van der Waals surface area (Å²) in [6, 6.07) is 0. The molecule has 0 spiro atoms. The molecule has 9 heteroatoms. The van der Waals surface area contributed by atoms with Crippen molar-refractivity contribution in [1.29, 1.82) is 0 Å². The molecule has 0 bridgehead atoms. The van der Waals surface area contributed by atoms with Crippen LogP contribution < -0.4 is 24.8 Å². The molecule has 1 aliphatic heterocycles. The molecule has 128 valence electrons. The van der Waals surface area contributed by atoms with Gasteiger partial charge in [0.1, 0.15) is 0 Å². The van der Waals surface area contributed by atoms with Gasteiger partial charge in [-0.2, -0.15) is 0 Å². The fourth-order valence-corrected chi connectivity index (χ4v) is 17.6. The predicted molar refractivity (Wildman–Crippen MR) is 63.3 cm³/mol. The first-order chi connectivity index (χ1) is 9.66. The zero-order valence-corrected chi connectivity index (χ0v) is 15.6. The number of alkyl halides is 6. The maximum Gasteiger partial charge on any atom is -1.00 e. The molecule has 3 aliphatic rings. The Bertz CT molecular complexity index is 556. The molecular formula is C14H12Cl2F6Zr. The molecule has 0 N–H and O–H groups in total. The maximum absolute atomic E-state index is 13.1. The molecule has 0 aromatic rings. The number of allylic oxidation sites excluding steroid dienone is 8. The number of hydrogen-bond donors (Lipinski definition) is 0. The van der Waals surface area contributed by atoms with Gasteiger partial charge < -0.3 is 24.8 Å². The second kappa shape index (κ2) is 6.72. The molecule has 3 rings (SSSR count). The summed E-state index contributed by atoms with van der Waals surface area (Å²) < 4.78 is 80.1. The van der Waals surface area contributed by atoms with Crippen molar-refractivity contribution in [2.24, 2.45) is 0 Å². The number of hydrogen-bond acceptors (Lipinski definition) is 0. The Balaban J connectivity index is 0.00000132. The number of halogens is 8. The summed E-state index contributed by atoms with van der Waals surface area (Å²) in [5.41, 5.74) is -1.34. The van der Waals surface area contributed by atoms with Gasteiger partial charge in [-0.1, -0.05) is 0 Å². The summed E-state index contributed by atoms with van der Waals surface area (Å²) in [6.45, 7) is 0. The zero-order chi connectivity index (χ0) is 15.5. The Hall–Kier alpha value is 0.00312. The molecular weight excluding hydrogens is 444 g/mol. The molecule has 23 heavy (non-hydrogen) atoms. The minimum Gasteiger partial charge on any atom is -1.00 e. The van der Waals surface area contributed by atoms with E-state index in [9.17, 15) is 26.3 Å². The van der Waals surface area contributed by atoms with Crippen molar-refractivity contribution in [3.63, 3.8) is 0 Å². The van der Waals surface area contributed by atoms with Gasteiger partial charge in [-0.25, -0.2) is 0 Å². The molecule has 0 aromatic heterocycles. The van der Waals surface area contributed by atoms with E-state index >= 15 is 0 Å². The van der Waals surface area contributed by atoms with Gasteiger partial charge in [0.15, 0.2) is 0 Å². The first-order valence-corrected chi connectivity index (χ1v) is 12.5. The second-order valence-corrected chi connectivity index (χ2v) is 16.3. The zero-order valence-electron chi connectivity index (χ0n) is 11.7. The van der Waals surface area contributed by atoms with Crippen molar-refractivity contribution in [2.45, 2.75) is 33.5 Å². The van der Waals surface area contributed by atoms with Gasteiger partial charge >= 0.3 is 122 Å². The molecule has 1 saturated heterocycles. The van der Waals surface area contributed by atoms with E-state index in [1.807, 2.05) is 0 Å². The fourth-order valence-electron chi connectivity index (χ4n) is 3.36. The smallest absolute Gasteiger partial charge is 1.00 e. The fraction of sp³-hybridized carbons (Fsp3) is 0.429. The van der Waals surface area contributed by atoms with Crippen LogP contribution in [-0.2, 0) is 20.3 Å². The van der Waals surface area contributed by atoms with E-state index < -0.39 is 43.8 Å². The largest absolute Gasteiger partial charge is 1.00 e. The van der Waals surface area contributed by atoms with Gasteiger partial charge in [0.2, 0.25) is 0 Å². The van der Waals surface area contributed by atoms with Crippen molar-refractivity contribution in [3.05, 3.63) is 42.0 Å². The van der Waals surface area contributed by atoms with Crippen LogP contribution >= 0.6 is 0 Å². The standard InChI is InChI=1S/2C6H4F3.C2H4.2ClH.Zr/c2*7-6(8,9)5-3-1-2-4-5;1-2;;;/h2*1,3H,2H2;1-2H2;2*1H;/q;;;;;+2/p-2. The molecule has 1 fully saturated rings. The summed E-state index contributed by atoms with van der Waals surface area (Å²) in [5.74, 6) is 0. The molecule has 0 nitrogen and oxygen atoms in total. The Morgan fingerprint density at radius 2 is 1.04 bits per heavy atom. The minimum atomic E-state index is -4.46. The van der Waals surface area contributed by atoms with Crippen molar-refractivity contribution < 1.29 is 71.4 Å². The van der Waals surface area contributed by atoms with Crippen LogP contribution in [0.3, 0.4) is 0 Å². The van der Waals surface area contributed by atoms with Crippen molar-refractivity contribution >= 4 is 0 Å². The Morgan fingerprint density at radius 1 is 0.696 bits per heavy atom. The quantitative estimate of drug-likeness (QED) is 0.495. The van der Waals surface area contributed by atoms with Crippen LogP contribution in [0.4, 0.5) is 26.3 Å². The Kier molecular flexibility index (Phi) is 6.15. The third kappa shape index (κ3) is 3.67. The van der Waals surface area contributed by atoms with E-state index in [-0.39, 0.29) is 37.7 Å². The second-order valence-electron chi connectivity index (χ2n) is 5.58. The molecule has 0 unspecified atom stereocenters. The normalized spacial score (nSPS) is 21.0. The van der Waals surface area contributed by atoms with Crippen LogP contribution in [0.1, 0.15) is 12.8 Å². The molecule has 0 amide bonds. The van der Waals surface area contributed by atoms with Crippen molar-refractivity contribution in [2.75, 3.05) is 0 Å². The third-order valence-corrected chi connectivity index (χ3v) is 16.1. The van der Waals surface area contributed by atoms with Crippen LogP contribution in [0.5, 0.6) is 0 Å². The van der Waals surface area contributed by atoms with Crippen LogP contribution in [-0.4, -0.2) is 12.4 Å². The first-order valence-electron chi connectivity index (χ1n) is 6.61. The summed E-state index contributed by atoms with van der Waals surface area (Å²) in [4.78, 5) is 0. The van der Waals surface area contributed by atoms with Gasteiger partial charge in [0.25, 0.3) is 0 Å². The molecule has 0 saturated carbocycles. The monoisotopic (exact) mass is 454 g/mol. The van der Waals surface area contributed by atoms with Gasteiger partial charge in [0, 0.05) is 0 Å². The SMILES string of the molecule is FC(F)(F)C1=[C]([Zr+2]2([C]3=C(C(F)(F)F)C=CC3)[CH2][CH2]2)CC=C1.[Cl-].[Cl-]. The van der Waals surface area contributed by atoms with Gasteiger partial charge in [-0.15, -0.1) is 0 Å². The maximum atomic E-state index is 13.1. The van der Waals surface area contributed by atoms with Gasteiger partial charge in [0.05, 0.1) is 0 Å². The molecule has 0 radical (unpaired) electrons. The van der Waals surface area contributed by atoms with Crippen molar-refractivity contribution in [1.82, 2.24) is 0 Å². The van der Waals surface area contributed by atoms with E-state index in [2.05, 4.69) is 0 Å². The summed E-state index contributed by atoms with van der Waals surface area (Å²) in [5, 5.41) is 0. The Morgan fingerprint density at radius 3 is 1.30 bits per heavy atom. The Labute approximate surface area is 146 Å².